The molecule has 0 spiro atoms. The molecule has 2 heterocycles. The monoisotopic (exact) mass is 335 g/mol. The molecule has 3 aliphatic rings. The van der Waals surface area contributed by atoms with E-state index in [9.17, 15) is 5.11 Å². The molecular weight excluding hydrogens is 310 g/mol. The highest BCUT2D eigenvalue weighted by atomic mass is 16.5. The number of fused-ring (bicyclic) bond motifs is 1. The smallest absolute Gasteiger partial charge is 0.124 e. The summed E-state index contributed by atoms with van der Waals surface area (Å²) in [6, 6.07) is 16.9. The van der Waals surface area contributed by atoms with Gasteiger partial charge in [-0.2, -0.15) is 0 Å². The van der Waals surface area contributed by atoms with Crippen molar-refractivity contribution in [2.75, 3.05) is 13.1 Å². The Morgan fingerprint density at radius 1 is 1.12 bits per heavy atom. The second-order valence-corrected chi connectivity index (χ2v) is 7.86. The van der Waals surface area contributed by atoms with E-state index in [-0.39, 0.29) is 11.5 Å². The summed E-state index contributed by atoms with van der Waals surface area (Å²) in [5, 5.41) is 9.98. The van der Waals surface area contributed by atoms with Crippen LogP contribution >= 0.6 is 0 Å². The van der Waals surface area contributed by atoms with Gasteiger partial charge in [0.25, 0.3) is 0 Å². The molecule has 1 aliphatic carbocycles. The molecule has 1 N–H and O–H groups in total. The molecule has 2 bridgehead atoms. The van der Waals surface area contributed by atoms with E-state index in [1.54, 1.807) is 6.07 Å². The average molecular weight is 335 g/mol. The van der Waals surface area contributed by atoms with E-state index < -0.39 is 0 Å². The van der Waals surface area contributed by atoms with Crippen LogP contribution in [0.2, 0.25) is 0 Å². The fourth-order valence-electron chi connectivity index (χ4n) is 5.39. The molecule has 0 amide bonds. The molecule has 1 saturated carbocycles. The van der Waals surface area contributed by atoms with Gasteiger partial charge in [0.2, 0.25) is 0 Å². The Morgan fingerprint density at radius 3 is 2.88 bits per heavy atom. The number of piperidine rings is 1. The molecule has 130 valence electrons. The van der Waals surface area contributed by atoms with E-state index in [0.717, 1.165) is 31.7 Å². The lowest BCUT2D eigenvalue weighted by atomic mass is 9.62. The van der Waals surface area contributed by atoms with Crippen LogP contribution in [-0.4, -0.2) is 35.2 Å². The van der Waals surface area contributed by atoms with Gasteiger partial charge < -0.3 is 9.84 Å². The van der Waals surface area contributed by atoms with Crippen LogP contribution in [0.15, 0.2) is 48.5 Å². The van der Waals surface area contributed by atoms with Gasteiger partial charge in [0, 0.05) is 23.6 Å². The minimum atomic E-state index is 0.125. The van der Waals surface area contributed by atoms with Crippen molar-refractivity contribution >= 4 is 0 Å². The fraction of sp³-hybridized carbons (Fsp3) is 0.455. The average Bonchev–Trinajstić information content (AvgIpc) is 2.97. The van der Waals surface area contributed by atoms with Gasteiger partial charge >= 0.3 is 0 Å². The van der Waals surface area contributed by atoms with Gasteiger partial charge in [0.1, 0.15) is 17.6 Å². The molecule has 0 unspecified atom stereocenters. The Morgan fingerprint density at radius 2 is 2.00 bits per heavy atom. The van der Waals surface area contributed by atoms with Crippen molar-refractivity contribution < 1.29 is 9.84 Å². The summed E-state index contributed by atoms with van der Waals surface area (Å²) in [4.78, 5) is 2.65. The maximum Gasteiger partial charge on any atom is 0.124 e. The van der Waals surface area contributed by atoms with Crippen molar-refractivity contribution in [2.24, 2.45) is 0 Å². The quantitative estimate of drug-likeness (QED) is 0.923. The number of phenolic OH excluding ortho intramolecular Hbond substituents is 1. The molecule has 3 heteroatoms. The Bertz CT molecular complexity index is 775. The third kappa shape index (κ3) is 2.36. The minimum absolute atomic E-state index is 0.125. The highest BCUT2D eigenvalue weighted by molar-refractivity contribution is 5.50. The summed E-state index contributed by atoms with van der Waals surface area (Å²) in [6.07, 6.45) is 6.16. The van der Waals surface area contributed by atoms with Crippen molar-refractivity contribution in [3.63, 3.8) is 0 Å². The molecule has 0 radical (unpaired) electrons. The van der Waals surface area contributed by atoms with Crippen LogP contribution in [0, 0.1) is 0 Å². The van der Waals surface area contributed by atoms with Crippen molar-refractivity contribution in [1.29, 1.82) is 0 Å². The minimum Gasteiger partial charge on any atom is -0.508 e. The SMILES string of the molecule is Oc1ccc2c(c1)[C@]13CCC[C@H]([C@H]1O2)N(CCc1ccccc1)CC3. The van der Waals surface area contributed by atoms with E-state index in [2.05, 4.69) is 35.2 Å². The number of likely N-dealkylation sites (tertiary alicyclic amines) is 1. The fourth-order valence-corrected chi connectivity index (χ4v) is 5.39. The lowest BCUT2D eigenvalue weighted by molar-refractivity contribution is -0.0412. The number of phenols is 1. The van der Waals surface area contributed by atoms with E-state index in [4.69, 9.17) is 4.74 Å². The number of benzene rings is 2. The predicted octanol–water partition coefficient (Wildman–Crippen LogP) is 3.89. The van der Waals surface area contributed by atoms with Crippen molar-refractivity contribution in [3.8, 4) is 11.5 Å². The molecule has 3 nitrogen and oxygen atoms in total. The third-order valence-corrected chi connectivity index (χ3v) is 6.62. The van der Waals surface area contributed by atoms with Crippen LogP contribution in [0.1, 0.15) is 36.8 Å². The lowest BCUT2D eigenvalue weighted by Crippen LogP contribution is -2.62. The lowest BCUT2D eigenvalue weighted by Gasteiger charge is -2.52. The zero-order valence-electron chi connectivity index (χ0n) is 14.5. The molecule has 2 fully saturated rings. The topological polar surface area (TPSA) is 32.7 Å². The van der Waals surface area contributed by atoms with Crippen molar-refractivity contribution in [1.82, 2.24) is 4.90 Å². The van der Waals surface area contributed by atoms with Gasteiger partial charge in [-0.15, -0.1) is 0 Å². The predicted molar refractivity (Wildman–Crippen MR) is 98.2 cm³/mol. The first-order valence-electron chi connectivity index (χ1n) is 9.54. The van der Waals surface area contributed by atoms with Gasteiger partial charge in [-0.25, -0.2) is 0 Å². The summed E-state index contributed by atoms with van der Waals surface area (Å²) in [5.41, 5.74) is 2.79. The molecule has 3 atom stereocenters. The largest absolute Gasteiger partial charge is 0.508 e. The third-order valence-electron chi connectivity index (χ3n) is 6.62. The van der Waals surface area contributed by atoms with E-state index in [1.165, 1.54) is 30.4 Å². The van der Waals surface area contributed by atoms with Gasteiger partial charge in [-0.1, -0.05) is 36.8 Å². The molecule has 5 rings (SSSR count). The number of ether oxygens (including phenoxy) is 1. The standard InChI is InChI=1S/C22H25NO2/c24-17-8-9-20-18(15-17)22-11-4-7-19(21(22)25-20)23(14-12-22)13-10-16-5-2-1-3-6-16/h1-3,5-6,8-9,15,19,21,24H,4,7,10-14H2/t19-,21-,22-/m1/s1. The van der Waals surface area contributed by atoms with Gasteiger partial charge in [0.15, 0.2) is 0 Å². The molecule has 25 heavy (non-hydrogen) atoms. The van der Waals surface area contributed by atoms with E-state index in [0.29, 0.717) is 11.8 Å². The van der Waals surface area contributed by atoms with E-state index >= 15 is 0 Å². The molecule has 1 saturated heterocycles. The van der Waals surface area contributed by atoms with E-state index in [1.807, 2.05) is 12.1 Å². The zero-order chi connectivity index (χ0) is 16.9. The maximum absolute atomic E-state index is 9.98. The van der Waals surface area contributed by atoms with Crippen LogP contribution in [0.4, 0.5) is 0 Å². The van der Waals surface area contributed by atoms with Gasteiger partial charge in [-0.3, -0.25) is 4.90 Å². The molecule has 2 aliphatic heterocycles. The first-order valence-corrected chi connectivity index (χ1v) is 9.54. The number of nitrogens with zero attached hydrogens (tertiary/aromatic N) is 1. The van der Waals surface area contributed by atoms with Gasteiger partial charge in [-0.05, 0) is 56.0 Å². The Balaban J connectivity index is 1.39. The Kier molecular flexibility index (Phi) is 3.53. The summed E-state index contributed by atoms with van der Waals surface area (Å²) in [7, 11) is 0. The highest BCUT2D eigenvalue weighted by Gasteiger charge is 2.57. The number of hydrogen-bond donors (Lipinski definition) is 1. The molecule has 0 aromatic heterocycles. The van der Waals surface area contributed by atoms with Crippen LogP contribution in [0.5, 0.6) is 11.5 Å². The number of rotatable bonds is 3. The summed E-state index contributed by atoms with van der Waals surface area (Å²) in [5.74, 6) is 1.37. The zero-order valence-corrected chi connectivity index (χ0v) is 14.5. The van der Waals surface area contributed by atoms with Crippen LogP contribution < -0.4 is 4.74 Å². The first-order chi connectivity index (χ1) is 12.3. The highest BCUT2D eigenvalue weighted by Crippen LogP contribution is 2.56. The van der Waals surface area contributed by atoms with Crippen LogP contribution in [-0.2, 0) is 11.8 Å². The van der Waals surface area contributed by atoms with Gasteiger partial charge in [0.05, 0.1) is 0 Å². The van der Waals surface area contributed by atoms with Crippen molar-refractivity contribution in [2.45, 2.75) is 49.7 Å². The summed E-state index contributed by atoms with van der Waals surface area (Å²) in [6.45, 7) is 2.23. The number of aromatic hydroxyl groups is 1. The Labute approximate surface area is 149 Å². The Hall–Kier alpha value is -2.00. The second-order valence-electron chi connectivity index (χ2n) is 7.86. The second kappa shape index (κ2) is 5.77. The molecular formula is C22H25NO2. The first kappa shape index (κ1) is 15.3. The van der Waals surface area contributed by atoms with Crippen LogP contribution in [0.25, 0.3) is 0 Å². The normalized spacial score (nSPS) is 30.4. The number of hydrogen-bond acceptors (Lipinski definition) is 3. The maximum atomic E-state index is 9.98. The van der Waals surface area contributed by atoms with Crippen LogP contribution in [0.3, 0.4) is 0 Å². The molecule has 2 aromatic rings. The summed E-state index contributed by atoms with van der Waals surface area (Å²) < 4.78 is 6.45. The summed E-state index contributed by atoms with van der Waals surface area (Å²) >= 11 is 0. The molecule has 2 aromatic carbocycles. The van der Waals surface area contributed by atoms with Crippen molar-refractivity contribution in [3.05, 3.63) is 59.7 Å².